The molecule has 1 unspecified atom stereocenters. The van der Waals surface area contributed by atoms with Crippen molar-refractivity contribution in [3.63, 3.8) is 0 Å². The van der Waals surface area contributed by atoms with Crippen molar-refractivity contribution in [3.8, 4) is 0 Å². The quantitative estimate of drug-likeness (QED) is 0.638. The third-order valence-electron chi connectivity index (χ3n) is 2.90. The van der Waals surface area contributed by atoms with Crippen LogP contribution in [0.25, 0.3) is 0 Å². The van der Waals surface area contributed by atoms with Gasteiger partial charge in [-0.1, -0.05) is 0 Å². The number of carbonyl (C=O) groups is 2. The Labute approximate surface area is 106 Å². The van der Waals surface area contributed by atoms with Crippen molar-refractivity contribution < 1.29 is 14.3 Å². The number of hydrogen-bond donors (Lipinski definition) is 2. The van der Waals surface area contributed by atoms with Crippen molar-refractivity contribution in [2.24, 2.45) is 0 Å². The molecule has 0 saturated heterocycles. The van der Waals surface area contributed by atoms with Crippen LogP contribution in [0, 0.1) is 0 Å². The summed E-state index contributed by atoms with van der Waals surface area (Å²) in [7, 11) is 1.32. The van der Waals surface area contributed by atoms with Crippen molar-refractivity contribution in [2.45, 2.75) is 30.6 Å². The van der Waals surface area contributed by atoms with Crippen LogP contribution in [0.2, 0.25) is 0 Å². The lowest BCUT2D eigenvalue weighted by Crippen LogP contribution is -2.48. The zero-order valence-electron chi connectivity index (χ0n) is 10.5. The summed E-state index contributed by atoms with van der Waals surface area (Å²) < 4.78 is 4.98. The van der Waals surface area contributed by atoms with E-state index in [1.165, 1.54) is 26.9 Å². The summed E-state index contributed by atoms with van der Waals surface area (Å²) in [6.07, 6.45) is 4.52. The molecule has 0 aromatic rings. The van der Waals surface area contributed by atoms with Crippen LogP contribution in [0.3, 0.4) is 0 Å². The molecule has 1 amide bonds. The minimum atomic E-state index is -0.602. The maximum atomic E-state index is 11.4. The van der Waals surface area contributed by atoms with Crippen molar-refractivity contribution in [2.75, 3.05) is 26.5 Å². The van der Waals surface area contributed by atoms with Gasteiger partial charge in [-0.25, -0.2) is 4.79 Å². The molecule has 5 nitrogen and oxygen atoms in total. The maximum Gasteiger partial charge on any atom is 0.329 e. The molecule has 1 fully saturated rings. The predicted octanol–water partition coefficient (Wildman–Crippen LogP) is 0.149. The molecule has 0 heterocycles. The number of methoxy groups -OCH3 is 1. The molecule has 1 atom stereocenters. The summed E-state index contributed by atoms with van der Waals surface area (Å²) in [6.45, 7) is 2.66. The van der Waals surface area contributed by atoms with Gasteiger partial charge in [0.1, 0.15) is 6.04 Å². The minimum absolute atomic E-state index is 0.229. The summed E-state index contributed by atoms with van der Waals surface area (Å²) in [4.78, 5) is 22.4. The van der Waals surface area contributed by atoms with Gasteiger partial charge < -0.3 is 15.4 Å². The Morgan fingerprint density at radius 2 is 2.12 bits per heavy atom. The highest BCUT2D eigenvalue weighted by Crippen LogP contribution is 2.46. The number of nitrogens with one attached hydrogen (secondary N) is 2. The number of amides is 1. The molecular weight excluding hydrogens is 240 g/mol. The Kier molecular flexibility index (Phi) is 5.27. The van der Waals surface area contributed by atoms with E-state index in [4.69, 9.17) is 0 Å². The number of carbonyl (C=O) groups excluding carboxylic acids is 2. The normalized spacial score (nSPS) is 18.3. The molecule has 98 valence electrons. The molecule has 0 spiro atoms. The Hall–Kier alpha value is -0.750. The molecule has 0 aromatic heterocycles. The average Bonchev–Trinajstić information content (AvgIpc) is 3.07. The molecule has 0 aromatic carbocycles. The van der Waals surface area contributed by atoms with E-state index in [-0.39, 0.29) is 5.91 Å². The maximum absolute atomic E-state index is 11.4. The molecule has 17 heavy (non-hydrogen) atoms. The van der Waals surface area contributed by atoms with Gasteiger partial charge >= 0.3 is 5.97 Å². The molecule has 1 saturated carbocycles. The summed E-state index contributed by atoms with van der Waals surface area (Å²) >= 11 is 1.85. The third kappa shape index (κ3) is 4.55. The van der Waals surface area contributed by atoms with Crippen molar-refractivity contribution in [3.05, 3.63) is 0 Å². The van der Waals surface area contributed by atoms with E-state index in [2.05, 4.69) is 21.6 Å². The number of rotatable bonds is 7. The minimum Gasteiger partial charge on any atom is -0.467 e. The van der Waals surface area contributed by atoms with E-state index >= 15 is 0 Å². The molecular formula is C11H20N2O3S. The second-order valence-electron chi connectivity index (χ2n) is 4.29. The average molecular weight is 260 g/mol. The van der Waals surface area contributed by atoms with Crippen molar-refractivity contribution >= 4 is 23.6 Å². The third-order valence-corrected chi connectivity index (χ3v) is 4.32. The first kappa shape index (κ1) is 14.3. The van der Waals surface area contributed by atoms with E-state index < -0.39 is 12.0 Å². The lowest BCUT2D eigenvalue weighted by molar-refractivity contribution is -0.144. The first-order chi connectivity index (χ1) is 8.03. The highest BCUT2D eigenvalue weighted by atomic mass is 32.2. The second kappa shape index (κ2) is 6.26. The van der Waals surface area contributed by atoms with Crippen LogP contribution in [-0.2, 0) is 14.3 Å². The fourth-order valence-electron chi connectivity index (χ4n) is 1.62. The largest absolute Gasteiger partial charge is 0.467 e. The van der Waals surface area contributed by atoms with Gasteiger partial charge in [0.25, 0.3) is 0 Å². The van der Waals surface area contributed by atoms with E-state index in [0.29, 0.717) is 11.3 Å². The van der Waals surface area contributed by atoms with Crippen LogP contribution in [-0.4, -0.2) is 49.1 Å². The SMILES string of the molecule is COC(=O)C(CNCC1(SC)CC1)NC(C)=O. The van der Waals surface area contributed by atoms with Crippen LogP contribution < -0.4 is 10.6 Å². The fraction of sp³-hybridized carbons (Fsp3) is 0.818. The van der Waals surface area contributed by atoms with E-state index in [0.717, 1.165) is 6.54 Å². The molecule has 6 heteroatoms. The standard InChI is InChI=1S/C11H20N2O3S/c1-8(14)13-9(10(15)16-2)6-12-7-11(17-3)4-5-11/h9,12H,4-7H2,1-3H3,(H,13,14). The molecule has 1 aliphatic rings. The fourth-order valence-corrected chi connectivity index (χ4v) is 2.37. The Morgan fingerprint density at radius 3 is 2.53 bits per heavy atom. The van der Waals surface area contributed by atoms with Crippen molar-refractivity contribution in [1.82, 2.24) is 10.6 Å². The van der Waals surface area contributed by atoms with Gasteiger partial charge in [-0.2, -0.15) is 11.8 Å². The molecule has 0 aliphatic heterocycles. The monoisotopic (exact) mass is 260 g/mol. The van der Waals surface area contributed by atoms with Crippen LogP contribution >= 0.6 is 11.8 Å². The molecule has 1 aliphatic carbocycles. The van der Waals surface area contributed by atoms with Gasteiger partial charge in [0, 0.05) is 24.8 Å². The summed E-state index contributed by atoms with van der Waals surface area (Å²) in [5.74, 6) is -0.644. The van der Waals surface area contributed by atoms with Gasteiger partial charge in [0.15, 0.2) is 0 Å². The van der Waals surface area contributed by atoms with Gasteiger partial charge in [-0.05, 0) is 19.1 Å². The van der Waals surface area contributed by atoms with E-state index in [9.17, 15) is 9.59 Å². The predicted molar refractivity (Wildman–Crippen MR) is 68.0 cm³/mol. The number of thioether (sulfide) groups is 1. The molecule has 0 bridgehead atoms. The van der Waals surface area contributed by atoms with Crippen molar-refractivity contribution in [1.29, 1.82) is 0 Å². The summed E-state index contributed by atoms with van der Waals surface area (Å²) in [5.41, 5.74) is 0. The second-order valence-corrected chi connectivity index (χ2v) is 5.57. The molecule has 1 rings (SSSR count). The van der Waals surface area contributed by atoms with Gasteiger partial charge in [-0.3, -0.25) is 4.79 Å². The molecule has 0 radical (unpaired) electrons. The first-order valence-electron chi connectivity index (χ1n) is 5.64. The van der Waals surface area contributed by atoms with E-state index in [1.807, 2.05) is 11.8 Å². The van der Waals surface area contributed by atoms with Crippen LogP contribution in [0.4, 0.5) is 0 Å². The van der Waals surface area contributed by atoms with Crippen LogP contribution in [0.5, 0.6) is 0 Å². The number of hydrogen-bond acceptors (Lipinski definition) is 5. The zero-order valence-corrected chi connectivity index (χ0v) is 11.4. The first-order valence-corrected chi connectivity index (χ1v) is 6.86. The Morgan fingerprint density at radius 1 is 1.47 bits per heavy atom. The lowest BCUT2D eigenvalue weighted by Gasteiger charge is -2.18. The summed E-state index contributed by atoms with van der Waals surface area (Å²) in [5, 5.41) is 5.80. The van der Waals surface area contributed by atoms with E-state index in [1.54, 1.807) is 0 Å². The number of ether oxygens (including phenoxy) is 1. The van der Waals surface area contributed by atoms with Gasteiger partial charge in [-0.15, -0.1) is 0 Å². The Balaban J connectivity index is 2.33. The summed E-state index contributed by atoms with van der Waals surface area (Å²) in [6, 6.07) is -0.602. The van der Waals surface area contributed by atoms with Crippen LogP contribution in [0.15, 0.2) is 0 Å². The number of esters is 1. The smallest absolute Gasteiger partial charge is 0.329 e. The van der Waals surface area contributed by atoms with Gasteiger partial charge in [0.2, 0.25) is 5.91 Å². The topological polar surface area (TPSA) is 67.4 Å². The highest BCUT2D eigenvalue weighted by molar-refractivity contribution is 8.00. The van der Waals surface area contributed by atoms with Crippen LogP contribution in [0.1, 0.15) is 19.8 Å². The molecule has 2 N–H and O–H groups in total. The zero-order chi connectivity index (χ0) is 12.9. The Bertz CT molecular complexity index is 292. The highest BCUT2D eigenvalue weighted by Gasteiger charge is 2.41. The van der Waals surface area contributed by atoms with Gasteiger partial charge in [0.05, 0.1) is 7.11 Å². The lowest BCUT2D eigenvalue weighted by atomic mass is 10.2.